The molecule has 0 aliphatic carbocycles. The van der Waals surface area contributed by atoms with Crippen molar-refractivity contribution in [3.8, 4) is 0 Å². The summed E-state index contributed by atoms with van der Waals surface area (Å²) < 4.78 is 0. The third kappa shape index (κ3) is 5.84. The average molecular weight is 243 g/mol. The molecule has 0 saturated carbocycles. The van der Waals surface area contributed by atoms with Crippen molar-refractivity contribution in [3.63, 3.8) is 0 Å². The molecule has 3 unspecified atom stereocenters. The molecule has 0 aliphatic heterocycles. The topological polar surface area (TPSA) is 32.5 Å². The molecule has 104 valence electrons. The summed E-state index contributed by atoms with van der Waals surface area (Å²) in [6.07, 6.45) is 3.45. The van der Waals surface area contributed by atoms with E-state index in [1.165, 1.54) is 6.42 Å². The Morgan fingerprint density at radius 1 is 1.12 bits per heavy atom. The molecule has 3 atom stereocenters. The van der Waals surface area contributed by atoms with E-state index in [4.69, 9.17) is 5.73 Å². The molecule has 0 aromatic heterocycles. The molecule has 0 rings (SSSR count). The molecule has 0 saturated heterocycles. The van der Waals surface area contributed by atoms with Gasteiger partial charge in [-0.3, -0.25) is 4.90 Å². The maximum atomic E-state index is 6.33. The fraction of sp³-hybridized carbons (Fsp3) is 1.00. The van der Waals surface area contributed by atoms with Gasteiger partial charge in [-0.15, -0.1) is 0 Å². The Labute approximate surface area is 108 Å². The van der Waals surface area contributed by atoms with E-state index in [9.17, 15) is 0 Å². The number of nitrogens with two attached hydrogens (primary N) is 1. The standard InChI is InChI=1S/C14H33N3/c1-7-10-13(15)14(8-2)17(9-3)12(4)11-16(5)6/h12-14H,7-11,15H2,1-6H3. The predicted octanol–water partition coefficient (Wildman–Crippen LogP) is 2.16. The van der Waals surface area contributed by atoms with E-state index < -0.39 is 0 Å². The highest BCUT2D eigenvalue weighted by atomic mass is 15.2. The lowest BCUT2D eigenvalue weighted by Crippen LogP contribution is -2.53. The monoisotopic (exact) mass is 243 g/mol. The van der Waals surface area contributed by atoms with Gasteiger partial charge >= 0.3 is 0 Å². The van der Waals surface area contributed by atoms with E-state index in [0.29, 0.717) is 18.1 Å². The smallest absolute Gasteiger partial charge is 0.0247 e. The average Bonchev–Trinajstić information content (AvgIpc) is 2.24. The molecule has 0 fully saturated rings. The number of nitrogens with zero attached hydrogens (tertiary/aromatic N) is 2. The molecule has 3 nitrogen and oxygen atoms in total. The Hall–Kier alpha value is -0.120. The molecule has 17 heavy (non-hydrogen) atoms. The molecule has 0 amide bonds. The van der Waals surface area contributed by atoms with Crippen molar-refractivity contribution in [1.29, 1.82) is 0 Å². The van der Waals surface area contributed by atoms with Crippen LogP contribution in [0.2, 0.25) is 0 Å². The summed E-state index contributed by atoms with van der Waals surface area (Å²) >= 11 is 0. The summed E-state index contributed by atoms with van der Waals surface area (Å²) in [7, 11) is 4.27. The van der Waals surface area contributed by atoms with E-state index in [1.54, 1.807) is 0 Å². The van der Waals surface area contributed by atoms with Gasteiger partial charge in [0.25, 0.3) is 0 Å². The zero-order valence-corrected chi connectivity index (χ0v) is 12.7. The van der Waals surface area contributed by atoms with E-state index >= 15 is 0 Å². The summed E-state index contributed by atoms with van der Waals surface area (Å²) in [5, 5.41) is 0. The van der Waals surface area contributed by atoms with Gasteiger partial charge in [0.05, 0.1) is 0 Å². The van der Waals surface area contributed by atoms with Crippen molar-refractivity contribution < 1.29 is 0 Å². The Balaban J connectivity index is 4.56. The largest absolute Gasteiger partial charge is 0.326 e. The number of rotatable bonds is 9. The van der Waals surface area contributed by atoms with E-state index in [2.05, 4.69) is 51.6 Å². The minimum Gasteiger partial charge on any atom is -0.326 e. The van der Waals surface area contributed by atoms with Crippen LogP contribution in [0.25, 0.3) is 0 Å². The zero-order valence-electron chi connectivity index (χ0n) is 12.7. The fourth-order valence-corrected chi connectivity index (χ4v) is 2.82. The van der Waals surface area contributed by atoms with Gasteiger partial charge in [0.15, 0.2) is 0 Å². The minimum atomic E-state index is 0.314. The van der Waals surface area contributed by atoms with Gasteiger partial charge in [0.1, 0.15) is 0 Å². The number of hydrogen-bond acceptors (Lipinski definition) is 3. The molecule has 0 aliphatic rings. The van der Waals surface area contributed by atoms with Gasteiger partial charge < -0.3 is 10.6 Å². The zero-order chi connectivity index (χ0) is 13.4. The molecular formula is C14H33N3. The minimum absolute atomic E-state index is 0.314. The maximum absolute atomic E-state index is 6.33. The van der Waals surface area contributed by atoms with Crippen LogP contribution >= 0.6 is 0 Å². The van der Waals surface area contributed by atoms with Crippen LogP contribution in [0, 0.1) is 0 Å². The summed E-state index contributed by atoms with van der Waals surface area (Å²) in [5.41, 5.74) is 6.33. The van der Waals surface area contributed by atoms with Crippen LogP contribution < -0.4 is 5.73 Å². The number of likely N-dealkylation sites (N-methyl/N-ethyl adjacent to an activating group) is 2. The second-order valence-corrected chi connectivity index (χ2v) is 5.37. The molecule has 0 bridgehead atoms. The van der Waals surface area contributed by atoms with Gasteiger partial charge in [-0.1, -0.05) is 27.2 Å². The van der Waals surface area contributed by atoms with Crippen molar-refractivity contribution in [2.24, 2.45) is 5.73 Å². The lowest BCUT2D eigenvalue weighted by molar-refractivity contribution is 0.105. The Morgan fingerprint density at radius 3 is 2.06 bits per heavy atom. The molecule has 0 spiro atoms. The highest BCUT2D eigenvalue weighted by Crippen LogP contribution is 2.15. The summed E-state index contributed by atoms with van der Waals surface area (Å²) in [4.78, 5) is 4.83. The third-order valence-electron chi connectivity index (χ3n) is 3.52. The van der Waals surface area contributed by atoms with E-state index in [0.717, 1.165) is 25.9 Å². The second kappa shape index (κ2) is 8.90. The first-order chi connectivity index (χ1) is 7.97. The Kier molecular flexibility index (Phi) is 8.83. The van der Waals surface area contributed by atoms with Crippen molar-refractivity contribution in [2.45, 2.75) is 65.1 Å². The molecule has 0 heterocycles. The first-order valence-electron chi connectivity index (χ1n) is 7.13. The van der Waals surface area contributed by atoms with Gasteiger partial charge in [0, 0.05) is 24.7 Å². The van der Waals surface area contributed by atoms with Crippen molar-refractivity contribution in [3.05, 3.63) is 0 Å². The fourth-order valence-electron chi connectivity index (χ4n) is 2.82. The Morgan fingerprint density at radius 2 is 1.71 bits per heavy atom. The van der Waals surface area contributed by atoms with Crippen LogP contribution in [-0.4, -0.2) is 55.1 Å². The van der Waals surface area contributed by atoms with Crippen molar-refractivity contribution >= 4 is 0 Å². The number of hydrogen-bond donors (Lipinski definition) is 1. The van der Waals surface area contributed by atoms with Crippen LogP contribution in [0.4, 0.5) is 0 Å². The maximum Gasteiger partial charge on any atom is 0.0247 e. The van der Waals surface area contributed by atoms with Crippen molar-refractivity contribution in [2.75, 3.05) is 27.2 Å². The van der Waals surface area contributed by atoms with Gasteiger partial charge in [-0.2, -0.15) is 0 Å². The summed E-state index contributed by atoms with van der Waals surface area (Å²) in [6, 6.07) is 1.41. The van der Waals surface area contributed by atoms with Crippen LogP contribution in [0.15, 0.2) is 0 Å². The van der Waals surface area contributed by atoms with Crippen LogP contribution in [-0.2, 0) is 0 Å². The van der Waals surface area contributed by atoms with Crippen LogP contribution in [0.5, 0.6) is 0 Å². The lowest BCUT2D eigenvalue weighted by atomic mass is 9.98. The molecule has 2 N–H and O–H groups in total. The van der Waals surface area contributed by atoms with Gasteiger partial charge in [-0.25, -0.2) is 0 Å². The summed E-state index contributed by atoms with van der Waals surface area (Å²) in [5.74, 6) is 0. The molecule has 0 aromatic carbocycles. The molecular weight excluding hydrogens is 210 g/mol. The quantitative estimate of drug-likeness (QED) is 0.673. The second-order valence-electron chi connectivity index (χ2n) is 5.37. The predicted molar refractivity (Wildman–Crippen MR) is 77.4 cm³/mol. The van der Waals surface area contributed by atoms with E-state index in [-0.39, 0.29) is 0 Å². The van der Waals surface area contributed by atoms with Crippen LogP contribution in [0.1, 0.15) is 47.0 Å². The Bertz CT molecular complexity index is 182. The normalized spacial score (nSPS) is 17.5. The van der Waals surface area contributed by atoms with Crippen LogP contribution in [0.3, 0.4) is 0 Å². The molecule has 3 heteroatoms. The first-order valence-corrected chi connectivity index (χ1v) is 7.13. The summed E-state index contributed by atoms with van der Waals surface area (Å²) in [6.45, 7) is 11.2. The molecule has 0 radical (unpaired) electrons. The lowest BCUT2D eigenvalue weighted by Gasteiger charge is -2.39. The third-order valence-corrected chi connectivity index (χ3v) is 3.52. The SMILES string of the molecule is CCCC(N)C(CC)N(CC)C(C)CN(C)C. The molecule has 0 aromatic rings. The van der Waals surface area contributed by atoms with Gasteiger partial charge in [-0.05, 0) is 40.4 Å². The first kappa shape index (κ1) is 16.9. The van der Waals surface area contributed by atoms with Gasteiger partial charge in [0.2, 0.25) is 0 Å². The van der Waals surface area contributed by atoms with E-state index in [1.807, 2.05) is 0 Å². The highest BCUT2D eigenvalue weighted by molar-refractivity contribution is 4.84. The van der Waals surface area contributed by atoms with Crippen molar-refractivity contribution in [1.82, 2.24) is 9.80 Å². The highest BCUT2D eigenvalue weighted by Gasteiger charge is 2.25.